The fourth-order valence-electron chi connectivity index (χ4n) is 12.3. The van der Waals surface area contributed by atoms with Crippen LogP contribution < -0.4 is 9.80 Å². The molecule has 5 nitrogen and oxygen atoms in total. The number of aromatic nitrogens is 1. The predicted molar refractivity (Wildman–Crippen MR) is 329 cm³/mol. The molecule has 0 unspecified atom stereocenters. The van der Waals surface area contributed by atoms with Crippen LogP contribution in [-0.4, -0.2) is 4.40 Å². The van der Waals surface area contributed by atoms with Gasteiger partial charge in [0.2, 0.25) is 5.71 Å². The maximum absolute atomic E-state index is 7.32. The van der Waals surface area contributed by atoms with E-state index in [1.165, 1.54) is 5.39 Å². The van der Waals surface area contributed by atoms with Crippen LogP contribution in [0.15, 0.2) is 294 Å². The second-order valence-electron chi connectivity index (χ2n) is 20.5. The lowest BCUT2D eigenvalue weighted by molar-refractivity contribution is 0.651. The first kappa shape index (κ1) is 44.7. The molecule has 0 aliphatic rings. The first-order valence-electron chi connectivity index (χ1n) is 26.9. The number of nitrogens with zero attached hydrogens (tertiary/aromatic N) is 3. The highest BCUT2D eigenvalue weighted by Crippen LogP contribution is 2.51. The third kappa shape index (κ3) is 7.32. The molecule has 0 aliphatic carbocycles. The third-order valence-corrected chi connectivity index (χ3v) is 15.8. The van der Waals surface area contributed by atoms with Gasteiger partial charge in [0, 0.05) is 67.8 Å². The minimum absolute atomic E-state index is 0.796. The molecule has 0 N–H and O–H groups in total. The average molecular weight is 1010 g/mol. The van der Waals surface area contributed by atoms with Crippen LogP contribution in [0.5, 0.6) is 0 Å². The number of anilines is 6. The van der Waals surface area contributed by atoms with Crippen LogP contribution in [0, 0.1) is 0 Å². The third-order valence-electron chi connectivity index (χ3n) is 15.8. The highest BCUT2D eigenvalue weighted by molar-refractivity contribution is 6.36. The van der Waals surface area contributed by atoms with Crippen LogP contribution in [-0.2, 0) is 0 Å². The summed E-state index contributed by atoms with van der Waals surface area (Å²) in [5.41, 5.74) is 20.7. The van der Waals surface area contributed by atoms with Crippen molar-refractivity contribution < 1.29 is 8.83 Å². The summed E-state index contributed by atoms with van der Waals surface area (Å²) in [4.78, 5) is 4.69. The van der Waals surface area contributed by atoms with Crippen LogP contribution in [0.1, 0.15) is 0 Å². The summed E-state index contributed by atoms with van der Waals surface area (Å²) in [7, 11) is 0. The Kier molecular flexibility index (Phi) is 10.2. The van der Waals surface area contributed by atoms with E-state index >= 15 is 0 Å². The molecular formula is C74H47N3O2. The van der Waals surface area contributed by atoms with E-state index in [1.54, 1.807) is 0 Å². The molecule has 0 amide bonds. The lowest BCUT2D eigenvalue weighted by atomic mass is 10.0. The molecule has 0 saturated heterocycles. The number of benzene rings is 12. The average Bonchev–Trinajstić information content (AvgIpc) is 2.92. The number of furan rings is 2. The van der Waals surface area contributed by atoms with Crippen molar-refractivity contribution in [3.63, 3.8) is 0 Å². The zero-order valence-electron chi connectivity index (χ0n) is 42.8. The molecule has 16 aromatic rings. The molecular weight excluding hydrogens is 963 g/mol. The predicted octanol–water partition coefficient (Wildman–Crippen LogP) is 21.1. The Balaban J connectivity index is 0.896. The van der Waals surface area contributed by atoms with Gasteiger partial charge in [0.05, 0.1) is 10.9 Å². The van der Waals surface area contributed by atoms with Gasteiger partial charge in [-0.3, -0.25) is 4.40 Å². The highest BCUT2D eigenvalue weighted by atomic mass is 16.3. The van der Waals surface area contributed by atoms with E-state index in [1.807, 2.05) is 0 Å². The first-order valence-corrected chi connectivity index (χ1v) is 26.9. The van der Waals surface area contributed by atoms with Crippen LogP contribution in [0.2, 0.25) is 0 Å². The number of hydrogen-bond acceptors (Lipinski definition) is 4. The molecule has 370 valence electrons. The highest BCUT2D eigenvalue weighted by Gasteiger charge is 2.29. The molecule has 0 saturated carbocycles. The number of hydrogen-bond donors (Lipinski definition) is 0. The molecule has 4 aromatic heterocycles. The van der Waals surface area contributed by atoms with Crippen LogP contribution in [0.25, 0.3) is 116 Å². The molecule has 0 radical (unpaired) electrons. The van der Waals surface area contributed by atoms with Crippen LogP contribution in [0.4, 0.5) is 34.1 Å². The van der Waals surface area contributed by atoms with Crippen LogP contribution >= 0.6 is 0 Å². The van der Waals surface area contributed by atoms with E-state index < -0.39 is 0 Å². The van der Waals surface area contributed by atoms with E-state index in [4.69, 9.17) is 8.83 Å². The largest absolute Gasteiger partial charge is 0.454 e. The lowest BCUT2D eigenvalue weighted by Gasteiger charge is -2.26. The molecule has 0 bridgehead atoms. The summed E-state index contributed by atoms with van der Waals surface area (Å²) < 4.78 is 16.9. The molecule has 4 heterocycles. The smallest absolute Gasteiger partial charge is 0.214 e. The van der Waals surface area contributed by atoms with Crippen molar-refractivity contribution in [3.05, 3.63) is 285 Å². The Labute approximate surface area is 455 Å². The number of fused-ring (bicyclic) bond motifs is 12. The standard InChI is InChI=1S/C74H47N3O2/c1-5-19-48(20-6-1)52-28-15-32-57(41-52)75(58-33-16-29-53(42-58)49-21-7-2-8-22-49)61-37-39-64-67(46-61)79-74-70(64)69-63-36-14-13-27-56(63)45-66-71(69)77(74)72-65-40-38-62(47-68(65)78-73(66)72)76(59-34-17-30-54(43-59)50-23-9-3-10-24-50)60-35-18-31-55(44-60)51-25-11-4-12-26-51/h1-47H. The van der Waals surface area contributed by atoms with E-state index in [0.717, 1.165) is 144 Å². The Morgan fingerprint density at radius 3 is 1.11 bits per heavy atom. The first-order chi connectivity index (χ1) is 39.2. The maximum atomic E-state index is 7.32. The molecule has 0 atom stereocenters. The summed E-state index contributed by atoms with van der Waals surface area (Å²) in [6.45, 7) is 0. The summed E-state index contributed by atoms with van der Waals surface area (Å²) in [5.74, 6) is 0. The van der Waals surface area contributed by atoms with Gasteiger partial charge in [-0.1, -0.05) is 194 Å². The fraction of sp³-hybridized carbons (Fsp3) is 0. The Morgan fingerprint density at radius 2 is 0.646 bits per heavy atom. The second kappa shape index (κ2) is 18.0. The maximum Gasteiger partial charge on any atom is 0.214 e. The van der Waals surface area contributed by atoms with Crippen molar-refractivity contribution >= 4 is 105 Å². The Hall–Kier alpha value is -10.6. The van der Waals surface area contributed by atoms with Gasteiger partial charge in [-0.2, -0.15) is 0 Å². The van der Waals surface area contributed by atoms with Gasteiger partial charge in [0.25, 0.3) is 0 Å². The normalized spacial score (nSPS) is 11.8. The van der Waals surface area contributed by atoms with Crippen molar-refractivity contribution in [2.75, 3.05) is 9.80 Å². The van der Waals surface area contributed by atoms with E-state index in [0.29, 0.717) is 0 Å². The van der Waals surface area contributed by atoms with Gasteiger partial charge in [-0.25, -0.2) is 0 Å². The summed E-state index contributed by atoms with van der Waals surface area (Å²) in [6.07, 6.45) is 0. The summed E-state index contributed by atoms with van der Waals surface area (Å²) >= 11 is 0. The van der Waals surface area contributed by atoms with E-state index in [-0.39, 0.29) is 0 Å². The van der Waals surface area contributed by atoms with Crippen molar-refractivity contribution in [2.24, 2.45) is 0 Å². The lowest BCUT2D eigenvalue weighted by Crippen LogP contribution is -2.10. The van der Waals surface area contributed by atoms with Gasteiger partial charge < -0.3 is 18.6 Å². The van der Waals surface area contributed by atoms with Crippen molar-refractivity contribution in [2.45, 2.75) is 0 Å². The topological polar surface area (TPSA) is 37.2 Å². The zero-order valence-corrected chi connectivity index (χ0v) is 42.8. The monoisotopic (exact) mass is 1010 g/mol. The SMILES string of the molecule is c1ccc(-c2cccc(N(c3cccc(-c4ccccc4)c3)c3ccc4c(c3)oc3c4c4c5ccccc5cc5c6oc7cc(N(c8cccc(-c9ccccc9)c8)c8cccc(-c9ccccc9)c8)ccc7c6n3c54)c2)cc1. The molecule has 12 aromatic carbocycles. The minimum Gasteiger partial charge on any atom is -0.454 e. The molecule has 5 heteroatoms. The van der Waals surface area contributed by atoms with Gasteiger partial charge in [-0.05, 0) is 134 Å². The van der Waals surface area contributed by atoms with Crippen molar-refractivity contribution in [3.8, 4) is 44.5 Å². The second-order valence-corrected chi connectivity index (χ2v) is 20.5. The molecule has 0 spiro atoms. The van der Waals surface area contributed by atoms with Gasteiger partial charge in [-0.15, -0.1) is 0 Å². The van der Waals surface area contributed by atoms with E-state index in [9.17, 15) is 0 Å². The van der Waals surface area contributed by atoms with Gasteiger partial charge >= 0.3 is 0 Å². The van der Waals surface area contributed by atoms with Crippen molar-refractivity contribution in [1.29, 1.82) is 0 Å². The molecule has 16 rings (SSSR count). The van der Waals surface area contributed by atoms with Gasteiger partial charge in [0.15, 0.2) is 5.58 Å². The molecule has 0 aliphatic heterocycles. The Morgan fingerprint density at radius 1 is 0.253 bits per heavy atom. The van der Waals surface area contributed by atoms with Crippen molar-refractivity contribution in [1.82, 2.24) is 4.40 Å². The summed E-state index contributed by atoms with van der Waals surface area (Å²) in [5, 5.41) is 7.71. The zero-order chi connectivity index (χ0) is 52.0. The molecule has 79 heavy (non-hydrogen) atoms. The fourth-order valence-corrected chi connectivity index (χ4v) is 12.3. The minimum atomic E-state index is 0.796. The van der Waals surface area contributed by atoms with Gasteiger partial charge in [0.1, 0.15) is 16.7 Å². The number of rotatable bonds is 10. The Bertz CT molecular complexity index is 4800. The van der Waals surface area contributed by atoms with E-state index in [2.05, 4.69) is 299 Å². The molecule has 0 fully saturated rings. The summed E-state index contributed by atoms with van der Waals surface area (Å²) in [6, 6.07) is 102. The quantitative estimate of drug-likeness (QED) is 0.137. The van der Waals surface area contributed by atoms with Crippen LogP contribution in [0.3, 0.4) is 0 Å².